The smallest absolute Gasteiger partial charge is 0.156 e. The molecule has 58 valence electrons. The maximum absolute atomic E-state index is 7.62. The van der Waals surface area contributed by atoms with E-state index in [9.17, 15) is 0 Å². The zero-order valence-electron chi connectivity index (χ0n) is 6.29. The minimum absolute atomic E-state index is 0.125. The first-order chi connectivity index (χ1) is 4.18. The molecular formula is C4H16O3Si2. The molecule has 0 heterocycles. The van der Waals surface area contributed by atoms with Gasteiger partial charge in [-0.1, -0.05) is 0 Å². The molecule has 0 aliphatic rings. The van der Waals surface area contributed by atoms with Crippen LogP contribution in [0.2, 0.25) is 13.1 Å². The van der Waals surface area contributed by atoms with E-state index >= 15 is 0 Å². The Morgan fingerprint density at radius 2 is 1.56 bits per heavy atom. The maximum Gasteiger partial charge on any atom is 0.156 e. The second-order valence-electron chi connectivity index (χ2n) is 1.73. The predicted octanol–water partition coefficient (Wildman–Crippen LogP) is -1.76. The molecule has 0 aliphatic heterocycles. The fraction of sp³-hybridized carbons (Fsp3) is 1.00. The molecule has 0 aromatic carbocycles. The second-order valence-corrected chi connectivity index (χ2v) is 5.71. The van der Waals surface area contributed by atoms with Crippen molar-refractivity contribution in [2.75, 3.05) is 13.2 Å². The lowest BCUT2D eigenvalue weighted by atomic mass is 10.8. The second kappa shape index (κ2) is 11.2. The molecule has 0 saturated carbocycles. The first-order valence-corrected chi connectivity index (χ1v) is 6.53. The molecule has 0 fully saturated rings. The van der Waals surface area contributed by atoms with Crippen LogP contribution in [0, 0.1) is 0 Å². The van der Waals surface area contributed by atoms with Crippen molar-refractivity contribution in [3.05, 3.63) is 0 Å². The zero-order chi connectivity index (χ0) is 7.70. The van der Waals surface area contributed by atoms with E-state index in [2.05, 4.69) is 13.1 Å². The Morgan fingerprint density at radius 1 is 1.33 bits per heavy atom. The first-order valence-electron chi connectivity index (χ1n) is 2.93. The van der Waals surface area contributed by atoms with E-state index in [1.807, 2.05) is 0 Å². The molecule has 5 heteroatoms. The maximum atomic E-state index is 7.62. The minimum Gasteiger partial charge on any atom is -0.466 e. The van der Waals surface area contributed by atoms with Gasteiger partial charge in [0.05, 0.1) is 13.2 Å². The van der Waals surface area contributed by atoms with Gasteiger partial charge in [0.25, 0.3) is 0 Å². The lowest BCUT2D eigenvalue weighted by Gasteiger charge is -1.93. The van der Waals surface area contributed by atoms with Crippen molar-refractivity contribution in [1.29, 1.82) is 0 Å². The van der Waals surface area contributed by atoms with Gasteiger partial charge in [0, 0.05) is 0 Å². The van der Waals surface area contributed by atoms with E-state index in [4.69, 9.17) is 14.3 Å². The largest absolute Gasteiger partial charge is 0.466 e. The summed E-state index contributed by atoms with van der Waals surface area (Å²) in [5.41, 5.74) is 0. The van der Waals surface area contributed by atoms with Gasteiger partial charge in [-0.2, -0.15) is 0 Å². The van der Waals surface area contributed by atoms with E-state index in [0.29, 0.717) is 0 Å². The molecule has 9 heavy (non-hydrogen) atoms. The van der Waals surface area contributed by atoms with Crippen LogP contribution in [0.1, 0.15) is 0 Å². The molecule has 0 amide bonds. The average Bonchev–Trinajstić information content (AvgIpc) is 1.89. The van der Waals surface area contributed by atoms with Crippen molar-refractivity contribution in [3.63, 3.8) is 0 Å². The van der Waals surface area contributed by atoms with Crippen LogP contribution >= 0.6 is 0 Å². The number of hydrogen-bond donors (Lipinski definition) is 2. The summed E-state index contributed by atoms with van der Waals surface area (Å²) in [6.45, 7) is 4.10. The number of aliphatic hydroxyl groups excluding tert-OH is 2. The van der Waals surface area contributed by atoms with Crippen molar-refractivity contribution < 1.29 is 14.3 Å². The molecule has 0 rings (SSSR count). The van der Waals surface area contributed by atoms with Crippen LogP contribution in [0.5, 0.6) is 0 Å². The Balaban J connectivity index is 0. The predicted molar refractivity (Wildman–Crippen MR) is 44.1 cm³/mol. The standard InChI is InChI=1S/C2H6O2.C2H10OSi2/c3-1-2-4;1-5(2)3-4/h3-4H,1-2H2;5H,1-2,4H3. The highest BCUT2D eigenvalue weighted by molar-refractivity contribution is 6.52. The van der Waals surface area contributed by atoms with Crippen molar-refractivity contribution in [2.45, 2.75) is 13.1 Å². The highest BCUT2D eigenvalue weighted by Gasteiger charge is 1.82. The fourth-order valence-electron chi connectivity index (χ4n) is 0. The van der Waals surface area contributed by atoms with Crippen molar-refractivity contribution in [2.24, 2.45) is 0 Å². The zero-order valence-corrected chi connectivity index (χ0v) is 9.45. The summed E-state index contributed by atoms with van der Waals surface area (Å²) >= 11 is 0. The molecule has 0 bridgehead atoms. The van der Waals surface area contributed by atoms with E-state index in [0.717, 1.165) is 10.5 Å². The van der Waals surface area contributed by atoms with Crippen LogP contribution in [0.4, 0.5) is 0 Å². The highest BCUT2D eigenvalue weighted by atomic mass is 28.3. The van der Waals surface area contributed by atoms with Crippen LogP contribution in [-0.2, 0) is 4.12 Å². The third-order valence-electron chi connectivity index (χ3n) is 0.571. The fourth-order valence-corrected chi connectivity index (χ4v) is 0. The van der Waals surface area contributed by atoms with Gasteiger partial charge in [-0.3, -0.25) is 0 Å². The SMILES string of the molecule is C[SiH](C)O[SiH3].OCCO. The minimum atomic E-state index is -0.588. The van der Waals surface area contributed by atoms with Crippen LogP contribution in [0.25, 0.3) is 0 Å². The molecule has 0 unspecified atom stereocenters. The molecular weight excluding hydrogens is 152 g/mol. The van der Waals surface area contributed by atoms with Gasteiger partial charge in [-0.05, 0) is 13.1 Å². The number of hydrogen-bond acceptors (Lipinski definition) is 3. The Bertz CT molecular complexity index is 40.8. The number of aliphatic hydroxyl groups is 2. The van der Waals surface area contributed by atoms with Crippen molar-refractivity contribution in [1.82, 2.24) is 0 Å². The summed E-state index contributed by atoms with van der Waals surface area (Å²) in [5.74, 6) is 0. The molecule has 0 aromatic rings. The molecule has 0 atom stereocenters. The molecule has 2 N–H and O–H groups in total. The summed E-state index contributed by atoms with van der Waals surface area (Å²) in [6.07, 6.45) is 0. The topological polar surface area (TPSA) is 49.7 Å². The molecule has 0 radical (unpaired) electrons. The van der Waals surface area contributed by atoms with Gasteiger partial charge in [-0.15, -0.1) is 0 Å². The van der Waals surface area contributed by atoms with Crippen molar-refractivity contribution in [3.8, 4) is 0 Å². The van der Waals surface area contributed by atoms with Gasteiger partial charge in [0.1, 0.15) is 10.5 Å². The molecule has 0 spiro atoms. The van der Waals surface area contributed by atoms with Gasteiger partial charge < -0.3 is 14.3 Å². The van der Waals surface area contributed by atoms with E-state index in [-0.39, 0.29) is 13.2 Å². The Kier molecular flexibility index (Phi) is 14.9. The van der Waals surface area contributed by atoms with Crippen LogP contribution < -0.4 is 0 Å². The van der Waals surface area contributed by atoms with Gasteiger partial charge >= 0.3 is 0 Å². The summed E-state index contributed by atoms with van der Waals surface area (Å²) in [6, 6.07) is 0. The Morgan fingerprint density at radius 3 is 1.56 bits per heavy atom. The summed E-state index contributed by atoms with van der Waals surface area (Å²) in [5, 5.41) is 15.2. The van der Waals surface area contributed by atoms with Gasteiger partial charge in [-0.25, -0.2) is 0 Å². The van der Waals surface area contributed by atoms with Crippen molar-refractivity contribution >= 4 is 19.5 Å². The van der Waals surface area contributed by atoms with E-state index < -0.39 is 9.04 Å². The van der Waals surface area contributed by atoms with Crippen LogP contribution in [0.15, 0.2) is 0 Å². The summed E-state index contributed by atoms with van der Waals surface area (Å²) in [4.78, 5) is 0. The third kappa shape index (κ3) is 30.2. The normalized spacial score (nSPS) is 9.00. The monoisotopic (exact) mass is 168 g/mol. The van der Waals surface area contributed by atoms with Gasteiger partial charge in [0.15, 0.2) is 9.04 Å². The summed E-state index contributed by atoms with van der Waals surface area (Å²) in [7, 11) is 0.347. The number of rotatable bonds is 2. The third-order valence-corrected chi connectivity index (χ3v) is 4.34. The quantitative estimate of drug-likeness (QED) is 0.480. The van der Waals surface area contributed by atoms with Crippen LogP contribution in [-0.4, -0.2) is 43.0 Å². The lowest BCUT2D eigenvalue weighted by Crippen LogP contribution is -2.02. The Labute approximate surface area is 60.9 Å². The first kappa shape index (κ1) is 12.0. The molecule has 0 aliphatic carbocycles. The van der Waals surface area contributed by atoms with E-state index in [1.165, 1.54) is 0 Å². The molecule has 0 saturated heterocycles. The molecule has 3 nitrogen and oxygen atoms in total. The van der Waals surface area contributed by atoms with E-state index in [1.54, 1.807) is 0 Å². The summed E-state index contributed by atoms with van der Waals surface area (Å²) < 4.78 is 5.03. The lowest BCUT2D eigenvalue weighted by molar-refractivity contribution is 0.186. The average molecular weight is 168 g/mol. The Hall–Kier alpha value is 0.314. The highest BCUT2D eigenvalue weighted by Crippen LogP contribution is 1.72. The molecule has 0 aromatic heterocycles. The van der Waals surface area contributed by atoms with Gasteiger partial charge in [0.2, 0.25) is 0 Å². The van der Waals surface area contributed by atoms with Crippen LogP contribution in [0.3, 0.4) is 0 Å².